The van der Waals surface area contributed by atoms with Gasteiger partial charge >= 0.3 is 0 Å². The SMILES string of the molecule is Cc1ccc(C)c(-n2nnnc2S[C@@H](C)C(=O)Nc2ccc(C(N)=O)cc2)c1. The number of anilines is 1. The minimum atomic E-state index is -0.514. The summed E-state index contributed by atoms with van der Waals surface area (Å²) in [5.74, 6) is -0.715. The molecule has 0 aliphatic rings. The van der Waals surface area contributed by atoms with Crippen LogP contribution in [0.4, 0.5) is 5.69 Å². The predicted octanol–water partition coefficient (Wildman–Crippen LogP) is 2.50. The lowest BCUT2D eigenvalue weighted by molar-refractivity contribution is -0.115. The largest absolute Gasteiger partial charge is 0.366 e. The van der Waals surface area contributed by atoms with Gasteiger partial charge in [0.05, 0.1) is 10.9 Å². The van der Waals surface area contributed by atoms with Gasteiger partial charge in [0.25, 0.3) is 0 Å². The van der Waals surface area contributed by atoms with Crippen LogP contribution in [-0.4, -0.2) is 37.3 Å². The maximum Gasteiger partial charge on any atom is 0.248 e. The van der Waals surface area contributed by atoms with Gasteiger partial charge in [-0.15, -0.1) is 5.10 Å². The number of hydrogen-bond acceptors (Lipinski definition) is 6. The minimum absolute atomic E-state index is 0.202. The van der Waals surface area contributed by atoms with Crippen molar-refractivity contribution in [1.29, 1.82) is 0 Å². The Kier molecular flexibility index (Phi) is 5.74. The van der Waals surface area contributed by atoms with Crippen LogP contribution in [0.5, 0.6) is 0 Å². The number of thioether (sulfide) groups is 1. The molecule has 3 aromatic rings. The predicted molar refractivity (Wildman–Crippen MR) is 108 cm³/mol. The molecule has 0 aliphatic carbocycles. The van der Waals surface area contributed by atoms with Crippen LogP contribution in [0.1, 0.15) is 28.4 Å². The molecule has 3 rings (SSSR count). The van der Waals surface area contributed by atoms with Gasteiger partial charge in [-0.1, -0.05) is 23.9 Å². The molecule has 0 saturated carbocycles. The first kappa shape index (κ1) is 19.6. The van der Waals surface area contributed by atoms with E-state index in [1.165, 1.54) is 11.8 Å². The van der Waals surface area contributed by atoms with E-state index in [0.29, 0.717) is 16.4 Å². The Morgan fingerprint density at radius 3 is 2.54 bits per heavy atom. The molecule has 0 unspecified atom stereocenters. The molecule has 0 spiro atoms. The maximum atomic E-state index is 12.5. The molecule has 0 saturated heterocycles. The van der Waals surface area contributed by atoms with Gasteiger partial charge in [-0.25, -0.2) is 0 Å². The van der Waals surface area contributed by atoms with Crippen molar-refractivity contribution >= 4 is 29.3 Å². The van der Waals surface area contributed by atoms with E-state index in [1.807, 2.05) is 32.0 Å². The molecule has 0 bridgehead atoms. The molecule has 2 amide bonds. The van der Waals surface area contributed by atoms with Crippen molar-refractivity contribution in [2.45, 2.75) is 31.2 Å². The summed E-state index contributed by atoms with van der Waals surface area (Å²) in [6.45, 7) is 5.76. The average molecular weight is 396 g/mol. The van der Waals surface area contributed by atoms with Crippen LogP contribution in [0.25, 0.3) is 5.69 Å². The monoisotopic (exact) mass is 396 g/mol. The van der Waals surface area contributed by atoms with Crippen LogP contribution in [-0.2, 0) is 4.79 Å². The fourth-order valence-electron chi connectivity index (χ4n) is 2.52. The molecule has 0 aliphatic heterocycles. The molecule has 144 valence electrons. The maximum absolute atomic E-state index is 12.5. The van der Waals surface area contributed by atoms with Crippen molar-refractivity contribution in [1.82, 2.24) is 20.2 Å². The topological polar surface area (TPSA) is 116 Å². The number of hydrogen-bond donors (Lipinski definition) is 2. The number of aromatic nitrogens is 4. The van der Waals surface area contributed by atoms with E-state index in [0.717, 1.165) is 16.8 Å². The van der Waals surface area contributed by atoms with E-state index >= 15 is 0 Å². The van der Waals surface area contributed by atoms with Crippen molar-refractivity contribution in [2.75, 3.05) is 5.32 Å². The van der Waals surface area contributed by atoms with Crippen molar-refractivity contribution < 1.29 is 9.59 Å². The summed E-state index contributed by atoms with van der Waals surface area (Å²) in [7, 11) is 0. The average Bonchev–Trinajstić information content (AvgIpc) is 3.12. The Morgan fingerprint density at radius 2 is 1.86 bits per heavy atom. The number of nitrogens with zero attached hydrogens (tertiary/aromatic N) is 4. The van der Waals surface area contributed by atoms with Crippen LogP contribution in [0.15, 0.2) is 47.6 Å². The van der Waals surface area contributed by atoms with E-state index in [4.69, 9.17) is 5.73 Å². The fourth-order valence-corrected chi connectivity index (χ4v) is 3.33. The van der Waals surface area contributed by atoms with Gasteiger partial charge in [0, 0.05) is 11.3 Å². The number of primary amides is 1. The Morgan fingerprint density at radius 1 is 1.14 bits per heavy atom. The van der Waals surface area contributed by atoms with Gasteiger partial charge in [0.1, 0.15) is 0 Å². The Bertz CT molecular complexity index is 1020. The highest BCUT2D eigenvalue weighted by Gasteiger charge is 2.20. The third-order valence-electron chi connectivity index (χ3n) is 4.12. The summed E-state index contributed by atoms with van der Waals surface area (Å²) in [6.07, 6.45) is 0. The molecule has 1 heterocycles. The second kappa shape index (κ2) is 8.22. The molecule has 0 radical (unpaired) electrons. The first-order chi connectivity index (χ1) is 13.3. The van der Waals surface area contributed by atoms with Gasteiger partial charge in [-0.3, -0.25) is 9.59 Å². The zero-order valence-corrected chi connectivity index (χ0v) is 16.5. The quantitative estimate of drug-likeness (QED) is 0.619. The number of carbonyl (C=O) groups is 2. The van der Waals surface area contributed by atoms with Crippen molar-refractivity contribution in [3.8, 4) is 5.69 Å². The summed E-state index contributed by atoms with van der Waals surface area (Å²) in [4.78, 5) is 23.6. The van der Waals surface area contributed by atoms with Crippen molar-refractivity contribution in [3.63, 3.8) is 0 Å². The molecular formula is C19H20N6O2S. The smallest absolute Gasteiger partial charge is 0.248 e. The molecule has 2 aromatic carbocycles. The summed E-state index contributed by atoms with van der Waals surface area (Å²) in [5, 5.41) is 14.8. The number of rotatable bonds is 6. The van der Waals surface area contributed by atoms with E-state index in [1.54, 1.807) is 35.9 Å². The number of nitrogens with one attached hydrogen (secondary N) is 1. The number of tetrazole rings is 1. The summed E-state index contributed by atoms with van der Waals surface area (Å²) in [6, 6.07) is 12.4. The zero-order chi connectivity index (χ0) is 20.3. The number of carbonyl (C=O) groups excluding carboxylic acids is 2. The van der Waals surface area contributed by atoms with Crippen molar-refractivity contribution in [3.05, 3.63) is 59.2 Å². The fraction of sp³-hybridized carbons (Fsp3) is 0.211. The molecule has 8 nitrogen and oxygen atoms in total. The molecule has 1 atom stereocenters. The summed E-state index contributed by atoms with van der Waals surface area (Å²) in [5.41, 5.74) is 9.19. The van der Waals surface area contributed by atoms with E-state index in [9.17, 15) is 9.59 Å². The summed E-state index contributed by atoms with van der Waals surface area (Å²) >= 11 is 1.26. The van der Waals surface area contributed by atoms with Gasteiger partial charge in [0.15, 0.2) is 0 Å². The van der Waals surface area contributed by atoms with Crippen LogP contribution >= 0.6 is 11.8 Å². The Labute approximate surface area is 166 Å². The number of aryl methyl sites for hydroxylation is 2. The van der Waals surface area contributed by atoms with Crippen LogP contribution in [0.2, 0.25) is 0 Å². The lowest BCUT2D eigenvalue weighted by Crippen LogP contribution is -2.23. The highest BCUT2D eigenvalue weighted by Crippen LogP contribution is 2.25. The van der Waals surface area contributed by atoms with Gasteiger partial charge in [-0.05, 0) is 72.7 Å². The molecule has 9 heteroatoms. The molecule has 1 aromatic heterocycles. The van der Waals surface area contributed by atoms with Gasteiger partial charge in [0.2, 0.25) is 17.0 Å². The number of nitrogens with two attached hydrogens (primary N) is 1. The number of benzene rings is 2. The van der Waals surface area contributed by atoms with Gasteiger partial charge in [-0.2, -0.15) is 4.68 Å². The van der Waals surface area contributed by atoms with Crippen LogP contribution in [0, 0.1) is 13.8 Å². The molecule has 0 fully saturated rings. The lowest BCUT2D eigenvalue weighted by atomic mass is 10.1. The molecular weight excluding hydrogens is 376 g/mol. The Balaban J connectivity index is 1.72. The van der Waals surface area contributed by atoms with Gasteiger partial charge < -0.3 is 11.1 Å². The van der Waals surface area contributed by atoms with Crippen molar-refractivity contribution in [2.24, 2.45) is 5.73 Å². The Hall–Kier alpha value is -3.20. The lowest BCUT2D eigenvalue weighted by Gasteiger charge is -2.13. The standard InChI is InChI=1S/C19H20N6O2S/c1-11-4-5-12(2)16(10-11)25-19(22-23-24-25)28-13(3)18(27)21-15-8-6-14(7-9-15)17(20)26/h4-10,13H,1-3H3,(H2,20,26)(H,21,27)/t13-/m0/s1. The summed E-state index contributed by atoms with van der Waals surface area (Å²) < 4.78 is 1.64. The van der Waals surface area contributed by atoms with E-state index < -0.39 is 11.2 Å². The normalized spacial score (nSPS) is 11.8. The second-order valence-corrected chi connectivity index (χ2v) is 7.66. The highest BCUT2D eigenvalue weighted by molar-refractivity contribution is 8.00. The van der Waals surface area contributed by atoms with E-state index in [-0.39, 0.29) is 5.91 Å². The highest BCUT2D eigenvalue weighted by atomic mass is 32.2. The number of amides is 2. The van der Waals surface area contributed by atoms with E-state index in [2.05, 4.69) is 20.8 Å². The first-order valence-corrected chi connectivity index (χ1v) is 9.46. The molecule has 28 heavy (non-hydrogen) atoms. The minimum Gasteiger partial charge on any atom is -0.366 e. The third kappa shape index (κ3) is 4.37. The first-order valence-electron chi connectivity index (χ1n) is 8.58. The third-order valence-corrected chi connectivity index (χ3v) is 5.16. The zero-order valence-electron chi connectivity index (χ0n) is 15.7. The second-order valence-electron chi connectivity index (χ2n) is 6.35. The van der Waals surface area contributed by atoms with Crippen LogP contribution < -0.4 is 11.1 Å². The molecule has 3 N–H and O–H groups in total. The van der Waals surface area contributed by atoms with Crippen LogP contribution in [0.3, 0.4) is 0 Å².